The zero-order valence-electron chi connectivity index (χ0n) is 13.9. The molecule has 0 aliphatic heterocycles. The van der Waals surface area contributed by atoms with Crippen LogP contribution in [0.2, 0.25) is 0 Å². The molecule has 1 amide bonds. The van der Waals surface area contributed by atoms with Crippen LogP contribution < -0.4 is 10.6 Å². The zero-order chi connectivity index (χ0) is 17.1. The lowest BCUT2D eigenvalue weighted by Gasteiger charge is -2.20. The van der Waals surface area contributed by atoms with Crippen molar-refractivity contribution in [2.45, 2.75) is 34.6 Å². The Kier molecular flexibility index (Phi) is 9.25. The fourth-order valence-electron chi connectivity index (χ4n) is 1.58. The summed E-state index contributed by atoms with van der Waals surface area (Å²) in [6.07, 6.45) is 0. The van der Waals surface area contributed by atoms with Gasteiger partial charge >= 0.3 is 5.97 Å². The van der Waals surface area contributed by atoms with Gasteiger partial charge < -0.3 is 15.5 Å². The molecular formula is C16H25N3O3. The molecule has 0 aliphatic rings. The standard InChI is InChI=1S/C11H16N2O.C5H9NO2/c1-3-13(4-2)10-7-5-9(6-8-10)11(12)14;1-4(2)6-8-5(3)7/h5-8H,3-4H2,1-2H3,(H2,12,14);1-3H3. The van der Waals surface area contributed by atoms with Crippen LogP contribution in [0.1, 0.15) is 45.0 Å². The van der Waals surface area contributed by atoms with Gasteiger partial charge in [0.2, 0.25) is 5.91 Å². The fraction of sp³-hybridized carbons (Fsp3) is 0.438. The van der Waals surface area contributed by atoms with Crippen molar-refractivity contribution < 1.29 is 14.4 Å². The van der Waals surface area contributed by atoms with E-state index in [4.69, 9.17) is 5.73 Å². The molecule has 0 saturated heterocycles. The summed E-state index contributed by atoms with van der Waals surface area (Å²) in [4.78, 5) is 27.3. The number of oxime groups is 1. The molecule has 6 nitrogen and oxygen atoms in total. The van der Waals surface area contributed by atoms with Gasteiger partial charge in [0, 0.05) is 31.3 Å². The van der Waals surface area contributed by atoms with Crippen LogP contribution in [0.5, 0.6) is 0 Å². The topological polar surface area (TPSA) is 85.0 Å². The Bertz CT molecular complexity index is 502. The van der Waals surface area contributed by atoms with Crippen LogP contribution in [-0.4, -0.2) is 30.7 Å². The highest BCUT2D eigenvalue weighted by atomic mass is 16.7. The number of amides is 1. The summed E-state index contributed by atoms with van der Waals surface area (Å²) in [5.74, 6) is -0.762. The number of carbonyl (C=O) groups is 2. The molecule has 0 saturated carbocycles. The molecule has 0 atom stereocenters. The summed E-state index contributed by atoms with van der Waals surface area (Å²) in [6.45, 7) is 11.0. The highest BCUT2D eigenvalue weighted by molar-refractivity contribution is 5.93. The maximum absolute atomic E-state index is 10.8. The monoisotopic (exact) mass is 307 g/mol. The predicted molar refractivity (Wildman–Crippen MR) is 89.1 cm³/mol. The largest absolute Gasteiger partial charge is 0.372 e. The molecule has 6 heteroatoms. The quantitative estimate of drug-likeness (QED) is 0.514. The molecule has 0 radical (unpaired) electrons. The number of rotatable bonds is 5. The first-order chi connectivity index (χ1) is 10.3. The highest BCUT2D eigenvalue weighted by Gasteiger charge is 2.03. The summed E-state index contributed by atoms with van der Waals surface area (Å²) < 4.78 is 0. The normalized spacial score (nSPS) is 9.14. The van der Waals surface area contributed by atoms with Crippen molar-refractivity contribution in [2.24, 2.45) is 10.9 Å². The summed E-state index contributed by atoms with van der Waals surface area (Å²) >= 11 is 0. The summed E-state index contributed by atoms with van der Waals surface area (Å²) in [6, 6.07) is 7.37. The molecule has 122 valence electrons. The van der Waals surface area contributed by atoms with E-state index >= 15 is 0 Å². The SMILES string of the molecule is CC(=O)ON=C(C)C.CCN(CC)c1ccc(C(N)=O)cc1. The highest BCUT2D eigenvalue weighted by Crippen LogP contribution is 2.14. The lowest BCUT2D eigenvalue weighted by atomic mass is 10.2. The van der Waals surface area contributed by atoms with Gasteiger partial charge in [-0.05, 0) is 52.0 Å². The molecule has 2 N–H and O–H groups in total. The smallest absolute Gasteiger partial charge is 0.331 e. The maximum Gasteiger partial charge on any atom is 0.331 e. The van der Waals surface area contributed by atoms with Crippen LogP contribution in [-0.2, 0) is 9.63 Å². The number of nitrogens with two attached hydrogens (primary N) is 1. The van der Waals surface area contributed by atoms with Crippen LogP contribution in [0.25, 0.3) is 0 Å². The van der Waals surface area contributed by atoms with Crippen molar-refractivity contribution in [2.75, 3.05) is 18.0 Å². The first kappa shape index (κ1) is 19.6. The van der Waals surface area contributed by atoms with E-state index in [0.717, 1.165) is 24.5 Å². The van der Waals surface area contributed by atoms with E-state index in [2.05, 4.69) is 28.7 Å². The average Bonchev–Trinajstić information content (AvgIpc) is 2.47. The van der Waals surface area contributed by atoms with Gasteiger partial charge in [-0.25, -0.2) is 4.79 Å². The van der Waals surface area contributed by atoms with Crippen molar-refractivity contribution in [1.82, 2.24) is 0 Å². The number of anilines is 1. The second-order valence-electron chi connectivity index (χ2n) is 4.70. The molecular weight excluding hydrogens is 282 g/mol. The van der Waals surface area contributed by atoms with Crippen molar-refractivity contribution in [1.29, 1.82) is 0 Å². The molecule has 22 heavy (non-hydrogen) atoms. The Morgan fingerprint density at radius 3 is 1.86 bits per heavy atom. The Labute approximate surface area is 131 Å². The van der Waals surface area contributed by atoms with Crippen LogP contribution in [0.4, 0.5) is 5.69 Å². The molecule has 0 spiro atoms. The summed E-state index contributed by atoms with van der Waals surface area (Å²) in [5.41, 5.74) is 7.57. The average molecular weight is 307 g/mol. The van der Waals surface area contributed by atoms with Crippen LogP contribution in [0, 0.1) is 0 Å². The van der Waals surface area contributed by atoms with E-state index in [1.165, 1.54) is 6.92 Å². The predicted octanol–water partition coefficient (Wildman–Crippen LogP) is 2.58. The molecule has 1 rings (SSSR count). The van der Waals surface area contributed by atoms with Crippen molar-refractivity contribution >= 4 is 23.3 Å². The van der Waals surface area contributed by atoms with Gasteiger partial charge in [-0.2, -0.15) is 0 Å². The van der Waals surface area contributed by atoms with Gasteiger partial charge in [0.05, 0.1) is 5.71 Å². The van der Waals surface area contributed by atoms with Gasteiger partial charge in [0.15, 0.2) is 0 Å². The molecule has 0 aliphatic carbocycles. The number of primary amides is 1. The Morgan fingerprint density at radius 1 is 1.09 bits per heavy atom. The third-order valence-electron chi connectivity index (χ3n) is 2.64. The second-order valence-corrected chi connectivity index (χ2v) is 4.70. The number of hydrogen-bond acceptors (Lipinski definition) is 5. The van der Waals surface area contributed by atoms with Crippen molar-refractivity contribution in [3.05, 3.63) is 29.8 Å². The molecule has 0 bridgehead atoms. The van der Waals surface area contributed by atoms with Gasteiger partial charge in [0.1, 0.15) is 0 Å². The third kappa shape index (κ3) is 8.04. The zero-order valence-corrected chi connectivity index (χ0v) is 13.9. The first-order valence-corrected chi connectivity index (χ1v) is 7.15. The maximum atomic E-state index is 10.8. The molecule has 0 unspecified atom stereocenters. The minimum Gasteiger partial charge on any atom is -0.372 e. The lowest BCUT2D eigenvalue weighted by Crippen LogP contribution is -2.21. The van der Waals surface area contributed by atoms with Gasteiger partial charge in [-0.1, -0.05) is 5.16 Å². The number of benzene rings is 1. The van der Waals surface area contributed by atoms with Gasteiger partial charge in [0.25, 0.3) is 0 Å². The number of nitrogens with zero attached hydrogens (tertiary/aromatic N) is 2. The molecule has 1 aromatic carbocycles. The first-order valence-electron chi connectivity index (χ1n) is 7.15. The molecule has 0 heterocycles. The molecule has 1 aromatic rings. The van der Waals surface area contributed by atoms with E-state index in [1.54, 1.807) is 26.0 Å². The summed E-state index contributed by atoms with van der Waals surface area (Å²) in [7, 11) is 0. The van der Waals surface area contributed by atoms with Gasteiger partial charge in [-0.3, -0.25) is 4.79 Å². The third-order valence-corrected chi connectivity index (χ3v) is 2.64. The van der Waals surface area contributed by atoms with E-state index in [-0.39, 0.29) is 11.9 Å². The molecule has 0 aromatic heterocycles. The second kappa shape index (κ2) is 10.4. The van der Waals surface area contributed by atoms with Crippen LogP contribution >= 0.6 is 0 Å². The van der Waals surface area contributed by atoms with Crippen molar-refractivity contribution in [3.8, 4) is 0 Å². The fourth-order valence-corrected chi connectivity index (χ4v) is 1.58. The van der Waals surface area contributed by atoms with Crippen molar-refractivity contribution in [3.63, 3.8) is 0 Å². The minimum absolute atomic E-state index is 0.379. The minimum atomic E-state index is -0.383. The Hall–Kier alpha value is -2.37. The lowest BCUT2D eigenvalue weighted by molar-refractivity contribution is -0.140. The van der Waals surface area contributed by atoms with Crippen LogP contribution in [0.15, 0.2) is 29.4 Å². The van der Waals surface area contributed by atoms with E-state index in [1.807, 2.05) is 12.1 Å². The molecule has 0 fully saturated rings. The number of hydrogen-bond donors (Lipinski definition) is 1. The number of carbonyl (C=O) groups excluding carboxylic acids is 2. The van der Waals surface area contributed by atoms with E-state index < -0.39 is 0 Å². The van der Waals surface area contributed by atoms with Crippen LogP contribution in [0.3, 0.4) is 0 Å². The Balaban J connectivity index is 0.000000472. The van der Waals surface area contributed by atoms with E-state index in [9.17, 15) is 9.59 Å². The van der Waals surface area contributed by atoms with E-state index in [0.29, 0.717) is 5.56 Å². The Morgan fingerprint density at radius 2 is 1.59 bits per heavy atom. The van der Waals surface area contributed by atoms with Gasteiger partial charge in [-0.15, -0.1) is 0 Å². The summed E-state index contributed by atoms with van der Waals surface area (Å²) in [5, 5.41) is 3.39.